The number of nitrogens with zero attached hydrogens (tertiary/aromatic N) is 4. The van der Waals surface area contributed by atoms with E-state index in [4.69, 9.17) is 0 Å². The third-order valence-electron chi connectivity index (χ3n) is 4.24. The fraction of sp³-hybridized carbons (Fsp3) is 0.0952. The number of hydrogen-bond acceptors (Lipinski definition) is 3. The molecule has 2 aromatic carbocycles. The zero-order valence-electron chi connectivity index (χ0n) is 15.2. The van der Waals surface area contributed by atoms with E-state index >= 15 is 0 Å². The number of benzene rings is 2. The van der Waals surface area contributed by atoms with Crippen molar-refractivity contribution < 1.29 is 9.18 Å². The first-order valence-corrected chi connectivity index (χ1v) is 8.79. The lowest BCUT2D eigenvalue weighted by Crippen LogP contribution is -2.15. The normalized spacial score (nSPS) is 10.8. The van der Waals surface area contributed by atoms with E-state index in [-0.39, 0.29) is 11.7 Å². The number of aryl methyl sites for hydroxylation is 1. The molecule has 0 saturated heterocycles. The third kappa shape index (κ3) is 3.83. The summed E-state index contributed by atoms with van der Waals surface area (Å²) in [6.07, 6.45) is 3.59. The maximum Gasteiger partial charge on any atom is 0.256 e. The highest BCUT2D eigenvalue weighted by Crippen LogP contribution is 2.19. The molecule has 0 saturated carbocycles. The first kappa shape index (κ1) is 17.7. The van der Waals surface area contributed by atoms with E-state index in [1.807, 2.05) is 37.4 Å². The van der Waals surface area contributed by atoms with Crippen LogP contribution < -0.4 is 5.32 Å². The second kappa shape index (κ2) is 7.48. The van der Waals surface area contributed by atoms with Gasteiger partial charge in [0.2, 0.25) is 0 Å². The summed E-state index contributed by atoms with van der Waals surface area (Å²) < 4.78 is 16.6. The van der Waals surface area contributed by atoms with Gasteiger partial charge in [0.1, 0.15) is 11.6 Å². The molecule has 2 heterocycles. The van der Waals surface area contributed by atoms with Crippen LogP contribution in [-0.2, 0) is 6.54 Å². The molecule has 0 atom stereocenters. The summed E-state index contributed by atoms with van der Waals surface area (Å²) in [4.78, 5) is 12.8. The maximum atomic E-state index is 13.2. The number of rotatable bonds is 5. The van der Waals surface area contributed by atoms with Crippen LogP contribution in [0.4, 0.5) is 10.2 Å². The van der Waals surface area contributed by atoms with Crippen molar-refractivity contribution in [2.75, 3.05) is 5.32 Å². The van der Waals surface area contributed by atoms with E-state index in [9.17, 15) is 9.18 Å². The maximum absolute atomic E-state index is 13.2. The summed E-state index contributed by atoms with van der Waals surface area (Å²) in [5.74, 6) is -0.0515. The number of hydrogen-bond donors (Lipinski definition) is 1. The van der Waals surface area contributed by atoms with Crippen molar-refractivity contribution in [2.24, 2.45) is 0 Å². The first-order chi connectivity index (χ1) is 13.6. The van der Waals surface area contributed by atoms with Crippen molar-refractivity contribution in [1.82, 2.24) is 19.6 Å². The van der Waals surface area contributed by atoms with Crippen LogP contribution in [0.3, 0.4) is 0 Å². The molecule has 4 aromatic rings. The zero-order valence-corrected chi connectivity index (χ0v) is 15.2. The largest absolute Gasteiger partial charge is 0.306 e. The van der Waals surface area contributed by atoms with Crippen LogP contribution in [0.1, 0.15) is 21.6 Å². The van der Waals surface area contributed by atoms with Crippen LogP contribution in [0.2, 0.25) is 0 Å². The van der Waals surface area contributed by atoms with Crippen molar-refractivity contribution in [3.8, 4) is 5.69 Å². The Bertz CT molecular complexity index is 1100. The van der Waals surface area contributed by atoms with Gasteiger partial charge in [-0.05, 0) is 55.0 Å². The Hall–Kier alpha value is -3.74. The van der Waals surface area contributed by atoms with Crippen LogP contribution in [-0.4, -0.2) is 25.5 Å². The molecule has 0 aliphatic heterocycles. The van der Waals surface area contributed by atoms with Gasteiger partial charge in [0.15, 0.2) is 0 Å². The number of amides is 1. The molecule has 0 unspecified atom stereocenters. The molecule has 140 valence electrons. The highest BCUT2D eigenvalue weighted by atomic mass is 19.1. The van der Waals surface area contributed by atoms with Gasteiger partial charge in [0, 0.05) is 24.0 Å². The van der Waals surface area contributed by atoms with Gasteiger partial charge in [-0.3, -0.25) is 9.48 Å². The topological polar surface area (TPSA) is 64.7 Å². The summed E-state index contributed by atoms with van der Waals surface area (Å²) in [5.41, 5.74) is 2.91. The third-order valence-corrected chi connectivity index (χ3v) is 4.24. The van der Waals surface area contributed by atoms with Crippen LogP contribution >= 0.6 is 0 Å². The molecular weight excluding hydrogens is 357 g/mol. The van der Waals surface area contributed by atoms with E-state index in [1.54, 1.807) is 39.8 Å². The number of carbonyl (C=O) groups is 1. The van der Waals surface area contributed by atoms with Gasteiger partial charge in [-0.25, -0.2) is 9.07 Å². The van der Waals surface area contributed by atoms with Gasteiger partial charge in [-0.1, -0.05) is 12.1 Å². The standard InChI is InChI=1S/C21H18FN5O/c1-15-12-20(27(25-15)19-8-6-18(22)7-9-19)24-21(28)17-5-2-4-16(13-17)14-26-11-3-10-23-26/h2-13H,14H2,1H3,(H,24,28). The molecule has 1 N–H and O–H groups in total. The average Bonchev–Trinajstić information content (AvgIpc) is 3.32. The average molecular weight is 375 g/mol. The Kier molecular flexibility index (Phi) is 4.72. The second-order valence-electron chi connectivity index (χ2n) is 6.42. The summed E-state index contributed by atoms with van der Waals surface area (Å²) in [7, 11) is 0. The molecular formula is C21H18FN5O. The predicted octanol–water partition coefficient (Wildman–Crippen LogP) is 3.82. The lowest BCUT2D eigenvalue weighted by atomic mass is 10.1. The van der Waals surface area contributed by atoms with Gasteiger partial charge in [0.05, 0.1) is 17.9 Å². The van der Waals surface area contributed by atoms with E-state index in [1.165, 1.54) is 12.1 Å². The molecule has 0 aliphatic rings. The van der Waals surface area contributed by atoms with Gasteiger partial charge in [-0.15, -0.1) is 0 Å². The Morgan fingerprint density at radius 3 is 2.68 bits per heavy atom. The van der Waals surface area contributed by atoms with E-state index < -0.39 is 0 Å². The smallest absolute Gasteiger partial charge is 0.256 e. The quantitative estimate of drug-likeness (QED) is 0.577. The first-order valence-electron chi connectivity index (χ1n) is 8.79. The summed E-state index contributed by atoms with van der Waals surface area (Å²) in [6, 6.07) is 17.0. The summed E-state index contributed by atoms with van der Waals surface area (Å²) >= 11 is 0. The molecule has 28 heavy (non-hydrogen) atoms. The fourth-order valence-corrected chi connectivity index (χ4v) is 2.95. The van der Waals surface area contributed by atoms with Gasteiger partial charge in [0.25, 0.3) is 5.91 Å². The molecule has 0 bridgehead atoms. The summed E-state index contributed by atoms with van der Waals surface area (Å²) in [6.45, 7) is 2.42. The second-order valence-corrected chi connectivity index (χ2v) is 6.42. The molecule has 0 aliphatic carbocycles. The Morgan fingerprint density at radius 1 is 1.11 bits per heavy atom. The number of nitrogens with one attached hydrogen (secondary N) is 1. The molecule has 1 amide bonds. The van der Waals surface area contributed by atoms with E-state index in [2.05, 4.69) is 15.5 Å². The van der Waals surface area contributed by atoms with Crippen LogP contribution in [0.15, 0.2) is 73.1 Å². The van der Waals surface area contributed by atoms with Crippen molar-refractivity contribution in [1.29, 1.82) is 0 Å². The number of carbonyl (C=O) groups excluding carboxylic acids is 1. The van der Waals surface area contributed by atoms with Crippen molar-refractivity contribution in [3.05, 3.63) is 95.7 Å². The number of anilines is 1. The monoisotopic (exact) mass is 375 g/mol. The Labute approximate surface area is 161 Å². The van der Waals surface area contributed by atoms with E-state index in [0.29, 0.717) is 23.6 Å². The lowest BCUT2D eigenvalue weighted by Gasteiger charge is -2.10. The number of halogens is 1. The summed E-state index contributed by atoms with van der Waals surface area (Å²) in [5, 5.41) is 11.5. The zero-order chi connectivity index (χ0) is 19.5. The van der Waals surface area contributed by atoms with Gasteiger partial charge >= 0.3 is 0 Å². The lowest BCUT2D eigenvalue weighted by molar-refractivity contribution is 0.102. The minimum atomic E-state index is -0.327. The molecule has 0 spiro atoms. The SMILES string of the molecule is Cc1cc(NC(=O)c2cccc(Cn3cccn3)c2)n(-c2ccc(F)cc2)n1. The molecule has 6 nitrogen and oxygen atoms in total. The van der Waals surface area contributed by atoms with Crippen LogP contribution in [0.25, 0.3) is 5.69 Å². The van der Waals surface area contributed by atoms with Gasteiger partial charge < -0.3 is 5.32 Å². The fourth-order valence-electron chi connectivity index (χ4n) is 2.95. The predicted molar refractivity (Wildman–Crippen MR) is 104 cm³/mol. The Balaban J connectivity index is 1.57. The molecule has 0 radical (unpaired) electrons. The molecule has 4 rings (SSSR count). The van der Waals surface area contributed by atoms with Crippen molar-refractivity contribution >= 4 is 11.7 Å². The molecule has 7 heteroatoms. The van der Waals surface area contributed by atoms with Crippen LogP contribution in [0.5, 0.6) is 0 Å². The minimum Gasteiger partial charge on any atom is -0.306 e. The molecule has 2 aromatic heterocycles. The number of aromatic nitrogens is 4. The van der Waals surface area contributed by atoms with E-state index in [0.717, 1.165) is 11.3 Å². The highest BCUT2D eigenvalue weighted by molar-refractivity contribution is 6.04. The van der Waals surface area contributed by atoms with Gasteiger partial charge in [-0.2, -0.15) is 10.2 Å². The van der Waals surface area contributed by atoms with Crippen LogP contribution in [0, 0.1) is 12.7 Å². The Morgan fingerprint density at radius 2 is 1.93 bits per heavy atom. The van der Waals surface area contributed by atoms with Crippen molar-refractivity contribution in [3.63, 3.8) is 0 Å². The highest BCUT2D eigenvalue weighted by Gasteiger charge is 2.13. The molecule has 0 fully saturated rings. The van der Waals surface area contributed by atoms with Crippen molar-refractivity contribution in [2.45, 2.75) is 13.5 Å². The minimum absolute atomic E-state index is 0.245.